The van der Waals surface area contributed by atoms with Crippen LogP contribution >= 0.6 is 11.6 Å². The molecule has 1 amide bonds. The minimum absolute atomic E-state index is 0.00159. The van der Waals surface area contributed by atoms with E-state index in [4.69, 9.17) is 11.6 Å². The molecule has 0 aliphatic heterocycles. The zero-order valence-corrected chi connectivity index (χ0v) is 17.6. The third-order valence-electron chi connectivity index (χ3n) is 4.45. The number of carbonyl (C=O) groups excluding carboxylic acids is 1. The maximum absolute atomic E-state index is 13.2. The molecule has 29 heavy (non-hydrogen) atoms. The van der Waals surface area contributed by atoms with Crippen LogP contribution in [0.4, 0.5) is 5.69 Å². The van der Waals surface area contributed by atoms with Gasteiger partial charge in [0.15, 0.2) is 0 Å². The molecule has 0 atom stereocenters. The maximum atomic E-state index is 13.2. The summed E-state index contributed by atoms with van der Waals surface area (Å²) in [5, 5.41) is 6.96. The van der Waals surface area contributed by atoms with E-state index in [1.165, 1.54) is 22.5 Å². The van der Waals surface area contributed by atoms with E-state index in [-0.39, 0.29) is 28.6 Å². The smallest absolute Gasteiger partial charge is 0.264 e. The number of nitrogens with one attached hydrogen (secondary N) is 1. The van der Waals surface area contributed by atoms with Gasteiger partial charge in [-0.05, 0) is 43.3 Å². The van der Waals surface area contributed by atoms with Crippen LogP contribution < -0.4 is 9.62 Å². The summed E-state index contributed by atoms with van der Waals surface area (Å²) in [6, 6.07) is 14.7. The van der Waals surface area contributed by atoms with Crippen LogP contribution in [0, 0.1) is 0 Å². The standard InChI is InChI=1S/C20H21ClN4O3S/c1-3-25(15-7-5-4-6-8-15)29(27,28)17-9-10-19(21)18(13-17)20(26)22-14-16-11-12-23-24(16)2/h4-13H,3,14H2,1-2H3,(H,22,26). The fourth-order valence-corrected chi connectivity index (χ4v) is 4.60. The summed E-state index contributed by atoms with van der Waals surface area (Å²) in [5.41, 5.74) is 1.45. The normalized spacial score (nSPS) is 11.3. The lowest BCUT2D eigenvalue weighted by molar-refractivity contribution is 0.0950. The third kappa shape index (κ3) is 4.44. The number of nitrogens with zero attached hydrogens (tertiary/aromatic N) is 3. The Morgan fingerprint density at radius 1 is 1.17 bits per heavy atom. The molecule has 0 unspecified atom stereocenters. The average molecular weight is 433 g/mol. The summed E-state index contributed by atoms with van der Waals surface area (Å²) in [6.45, 7) is 2.24. The first-order valence-corrected chi connectivity index (χ1v) is 10.8. The fourth-order valence-electron chi connectivity index (χ4n) is 2.89. The summed E-state index contributed by atoms with van der Waals surface area (Å²) in [7, 11) is -2.09. The number of sulfonamides is 1. The topological polar surface area (TPSA) is 84.3 Å². The molecule has 1 aromatic heterocycles. The van der Waals surface area contributed by atoms with Gasteiger partial charge in [0.05, 0.1) is 33.4 Å². The van der Waals surface area contributed by atoms with E-state index in [0.717, 1.165) is 5.69 Å². The molecule has 0 saturated carbocycles. The van der Waals surface area contributed by atoms with Gasteiger partial charge < -0.3 is 5.32 Å². The van der Waals surface area contributed by atoms with E-state index < -0.39 is 15.9 Å². The first-order valence-electron chi connectivity index (χ1n) is 8.97. The summed E-state index contributed by atoms with van der Waals surface area (Å²) >= 11 is 6.18. The molecule has 2 aromatic carbocycles. The van der Waals surface area contributed by atoms with Gasteiger partial charge in [-0.15, -0.1) is 0 Å². The Hall–Kier alpha value is -2.84. The number of benzene rings is 2. The molecule has 152 valence electrons. The molecule has 0 spiro atoms. The number of para-hydroxylation sites is 1. The van der Waals surface area contributed by atoms with Crippen LogP contribution in [0.5, 0.6) is 0 Å². The monoisotopic (exact) mass is 432 g/mol. The number of carbonyl (C=O) groups is 1. The number of amides is 1. The van der Waals surface area contributed by atoms with Crippen molar-refractivity contribution >= 4 is 33.2 Å². The molecule has 0 aliphatic carbocycles. The number of aryl methyl sites for hydroxylation is 1. The van der Waals surface area contributed by atoms with E-state index in [2.05, 4.69) is 10.4 Å². The lowest BCUT2D eigenvalue weighted by atomic mass is 10.2. The Bertz CT molecular complexity index is 1110. The zero-order chi connectivity index (χ0) is 21.0. The molecule has 0 radical (unpaired) electrons. The maximum Gasteiger partial charge on any atom is 0.264 e. The first-order chi connectivity index (χ1) is 13.8. The molecule has 7 nitrogen and oxygen atoms in total. The fraction of sp³-hybridized carbons (Fsp3) is 0.200. The van der Waals surface area contributed by atoms with Crippen LogP contribution in [-0.4, -0.2) is 30.7 Å². The van der Waals surface area contributed by atoms with Gasteiger partial charge in [0.1, 0.15) is 0 Å². The Morgan fingerprint density at radius 2 is 1.90 bits per heavy atom. The SMILES string of the molecule is CCN(c1ccccc1)S(=O)(=O)c1ccc(Cl)c(C(=O)NCc2ccnn2C)c1. The van der Waals surface area contributed by atoms with Crippen LogP contribution in [0.1, 0.15) is 23.0 Å². The Morgan fingerprint density at radius 3 is 2.52 bits per heavy atom. The Labute approximate surface area is 175 Å². The van der Waals surface area contributed by atoms with E-state index in [9.17, 15) is 13.2 Å². The minimum atomic E-state index is -3.86. The summed E-state index contributed by atoms with van der Waals surface area (Å²) in [6.07, 6.45) is 1.63. The quantitative estimate of drug-likeness (QED) is 0.621. The van der Waals surface area contributed by atoms with E-state index in [1.807, 2.05) is 6.07 Å². The van der Waals surface area contributed by atoms with Crippen molar-refractivity contribution in [2.45, 2.75) is 18.4 Å². The molecule has 0 aliphatic rings. The number of hydrogen-bond acceptors (Lipinski definition) is 4. The zero-order valence-electron chi connectivity index (χ0n) is 16.0. The minimum Gasteiger partial charge on any atom is -0.346 e. The molecule has 3 rings (SSSR count). The van der Waals surface area contributed by atoms with Gasteiger partial charge in [-0.2, -0.15) is 5.10 Å². The molecule has 3 aromatic rings. The molecule has 1 heterocycles. The number of aromatic nitrogens is 2. The van der Waals surface area contributed by atoms with Gasteiger partial charge in [0, 0.05) is 19.8 Å². The van der Waals surface area contributed by atoms with Crippen molar-refractivity contribution in [1.82, 2.24) is 15.1 Å². The van der Waals surface area contributed by atoms with Crippen molar-refractivity contribution in [2.75, 3.05) is 10.8 Å². The van der Waals surface area contributed by atoms with Gasteiger partial charge in [-0.25, -0.2) is 8.42 Å². The highest BCUT2D eigenvalue weighted by Gasteiger charge is 2.25. The number of anilines is 1. The lowest BCUT2D eigenvalue weighted by Crippen LogP contribution is -2.31. The first kappa shape index (κ1) is 20.9. The predicted octanol–water partition coefficient (Wildman–Crippen LogP) is 3.22. The van der Waals surface area contributed by atoms with Crippen molar-refractivity contribution in [1.29, 1.82) is 0 Å². The van der Waals surface area contributed by atoms with Gasteiger partial charge in [-0.1, -0.05) is 29.8 Å². The highest BCUT2D eigenvalue weighted by molar-refractivity contribution is 7.92. The van der Waals surface area contributed by atoms with E-state index >= 15 is 0 Å². The van der Waals surface area contributed by atoms with Crippen LogP contribution in [0.2, 0.25) is 5.02 Å². The van der Waals surface area contributed by atoms with Crippen molar-refractivity contribution in [3.63, 3.8) is 0 Å². The predicted molar refractivity (Wildman–Crippen MR) is 112 cm³/mol. The number of hydrogen-bond donors (Lipinski definition) is 1. The number of rotatable bonds is 7. The van der Waals surface area contributed by atoms with Crippen molar-refractivity contribution in [3.8, 4) is 0 Å². The lowest BCUT2D eigenvalue weighted by Gasteiger charge is -2.23. The average Bonchev–Trinajstić information content (AvgIpc) is 3.12. The second kappa shape index (κ2) is 8.67. The Kier molecular flexibility index (Phi) is 6.24. The molecule has 1 N–H and O–H groups in total. The van der Waals surface area contributed by atoms with Gasteiger partial charge in [-0.3, -0.25) is 13.8 Å². The van der Waals surface area contributed by atoms with Crippen molar-refractivity contribution in [2.24, 2.45) is 7.05 Å². The van der Waals surface area contributed by atoms with Gasteiger partial charge in [0.2, 0.25) is 0 Å². The highest BCUT2D eigenvalue weighted by Crippen LogP contribution is 2.26. The van der Waals surface area contributed by atoms with Gasteiger partial charge in [0.25, 0.3) is 15.9 Å². The second-order valence-electron chi connectivity index (χ2n) is 6.28. The Balaban J connectivity index is 1.89. The second-order valence-corrected chi connectivity index (χ2v) is 8.55. The summed E-state index contributed by atoms with van der Waals surface area (Å²) < 4.78 is 29.3. The summed E-state index contributed by atoms with van der Waals surface area (Å²) in [4.78, 5) is 12.6. The van der Waals surface area contributed by atoms with Crippen LogP contribution in [0.15, 0.2) is 65.7 Å². The van der Waals surface area contributed by atoms with Crippen LogP contribution in [0.3, 0.4) is 0 Å². The third-order valence-corrected chi connectivity index (χ3v) is 6.68. The molecular formula is C20H21ClN4O3S. The molecule has 0 saturated heterocycles. The number of halogens is 1. The molecular weight excluding hydrogens is 412 g/mol. The van der Waals surface area contributed by atoms with Crippen molar-refractivity contribution < 1.29 is 13.2 Å². The molecule has 0 fully saturated rings. The van der Waals surface area contributed by atoms with Crippen LogP contribution in [0.25, 0.3) is 0 Å². The molecule has 0 bridgehead atoms. The highest BCUT2D eigenvalue weighted by atomic mass is 35.5. The summed E-state index contributed by atoms with van der Waals surface area (Å²) in [5.74, 6) is -0.462. The largest absolute Gasteiger partial charge is 0.346 e. The molecule has 9 heteroatoms. The van der Waals surface area contributed by atoms with Crippen LogP contribution in [-0.2, 0) is 23.6 Å². The van der Waals surface area contributed by atoms with E-state index in [0.29, 0.717) is 5.69 Å². The van der Waals surface area contributed by atoms with E-state index in [1.54, 1.807) is 55.2 Å². The van der Waals surface area contributed by atoms with Gasteiger partial charge >= 0.3 is 0 Å². The van der Waals surface area contributed by atoms with Crippen molar-refractivity contribution in [3.05, 3.63) is 77.1 Å².